The molecule has 2 unspecified atom stereocenters. The summed E-state index contributed by atoms with van der Waals surface area (Å²) in [6, 6.07) is 1.09. The number of aliphatic hydroxyl groups is 1. The van der Waals surface area contributed by atoms with Crippen LogP contribution in [-0.2, 0) is 0 Å². The van der Waals surface area contributed by atoms with Crippen molar-refractivity contribution in [1.29, 1.82) is 0 Å². The molecule has 0 aromatic heterocycles. The number of likely N-dealkylation sites (N-methyl/N-ethyl adjacent to an activating group) is 1. The Hall–Kier alpha value is -0.0800. The van der Waals surface area contributed by atoms with E-state index in [1.54, 1.807) is 0 Å². The third-order valence-corrected chi connectivity index (χ3v) is 5.41. The first-order chi connectivity index (χ1) is 8.39. The highest BCUT2D eigenvalue weighted by molar-refractivity contribution is 4.92. The lowest BCUT2D eigenvalue weighted by Gasteiger charge is -2.46. The van der Waals surface area contributed by atoms with Crippen LogP contribution >= 0.6 is 0 Å². The maximum absolute atomic E-state index is 10.3. The van der Waals surface area contributed by atoms with E-state index in [-0.39, 0.29) is 6.10 Å². The maximum Gasteiger partial charge on any atom is 0.0695 e. The molecule has 2 fully saturated rings. The first kappa shape index (κ1) is 14.3. The van der Waals surface area contributed by atoms with Gasteiger partial charge < -0.3 is 5.11 Å². The molecule has 0 saturated heterocycles. The van der Waals surface area contributed by atoms with Gasteiger partial charge in [0.1, 0.15) is 0 Å². The summed E-state index contributed by atoms with van der Waals surface area (Å²) in [5, 5.41) is 10.3. The Morgan fingerprint density at radius 3 is 2.28 bits per heavy atom. The molecule has 0 spiro atoms. The molecule has 2 atom stereocenters. The summed E-state index contributed by atoms with van der Waals surface area (Å²) in [6.07, 6.45) is 8.55. The lowest BCUT2D eigenvalue weighted by Crippen LogP contribution is -2.52. The van der Waals surface area contributed by atoms with E-state index in [9.17, 15) is 5.11 Å². The van der Waals surface area contributed by atoms with Gasteiger partial charge in [0.25, 0.3) is 0 Å². The van der Waals surface area contributed by atoms with Gasteiger partial charge in [-0.2, -0.15) is 0 Å². The van der Waals surface area contributed by atoms with E-state index in [0.717, 1.165) is 18.8 Å². The summed E-state index contributed by atoms with van der Waals surface area (Å²) in [6.45, 7) is 7.07. The first-order valence-corrected chi connectivity index (χ1v) is 7.79. The second-order valence-electron chi connectivity index (χ2n) is 7.62. The Morgan fingerprint density at radius 1 is 1.06 bits per heavy atom. The van der Waals surface area contributed by atoms with Crippen molar-refractivity contribution < 1.29 is 5.11 Å². The second kappa shape index (κ2) is 5.50. The Morgan fingerprint density at radius 2 is 1.67 bits per heavy atom. The zero-order valence-electron chi connectivity index (χ0n) is 12.7. The van der Waals surface area contributed by atoms with Crippen molar-refractivity contribution in [3.05, 3.63) is 0 Å². The highest BCUT2D eigenvalue weighted by Gasteiger charge is 2.38. The minimum absolute atomic E-state index is 0.109. The number of rotatable bonds is 2. The van der Waals surface area contributed by atoms with Gasteiger partial charge in [0, 0.05) is 12.1 Å². The van der Waals surface area contributed by atoms with Gasteiger partial charge in [-0.25, -0.2) is 0 Å². The largest absolute Gasteiger partial charge is 0.391 e. The quantitative estimate of drug-likeness (QED) is 0.815. The molecule has 18 heavy (non-hydrogen) atoms. The van der Waals surface area contributed by atoms with Gasteiger partial charge in [0.2, 0.25) is 0 Å². The standard InChI is InChI=1S/C16H31NO/c1-12-5-7-13(8-6-12)17(4)14-11-16(2,3)10-9-15(14)18/h12-15,18H,5-11H2,1-4H3. The molecular formula is C16H31NO. The van der Waals surface area contributed by atoms with Gasteiger partial charge in [-0.15, -0.1) is 0 Å². The molecule has 2 heteroatoms. The van der Waals surface area contributed by atoms with Crippen LogP contribution in [0.4, 0.5) is 0 Å². The van der Waals surface area contributed by atoms with E-state index < -0.39 is 0 Å². The minimum Gasteiger partial charge on any atom is -0.391 e. The van der Waals surface area contributed by atoms with Gasteiger partial charge in [0.15, 0.2) is 0 Å². The molecule has 0 bridgehead atoms. The fourth-order valence-electron chi connectivity index (χ4n) is 3.87. The molecule has 0 aromatic rings. The molecule has 0 heterocycles. The van der Waals surface area contributed by atoms with Crippen molar-refractivity contribution in [3.8, 4) is 0 Å². The van der Waals surface area contributed by atoms with Gasteiger partial charge in [0.05, 0.1) is 6.10 Å². The van der Waals surface area contributed by atoms with Crippen molar-refractivity contribution in [2.45, 2.75) is 83.9 Å². The smallest absolute Gasteiger partial charge is 0.0695 e. The van der Waals surface area contributed by atoms with Crippen LogP contribution in [0.2, 0.25) is 0 Å². The van der Waals surface area contributed by atoms with Crippen LogP contribution in [0.25, 0.3) is 0 Å². The molecule has 0 aromatic carbocycles. The molecule has 0 radical (unpaired) electrons. The number of hydrogen-bond acceptors (Lipinski definition) is 2. The predicted molar refractivity (Wildman–Crippen MR) is 76.6 cm³/mol. The minimum atomic E-state index is -0.109. The third-order valence-electron chi connectivity index (χ3n) is 5.41. The van der Waals surface area contributed by atoms with Crippen LogP contribution in [0, 0.1) is 11.3 Å². The fraction of sp³-hybridized carbons (Fsp3) is 1.00. The lowest BCUT2D eigenvalue weighted by atomic mass is 9.72. The molecule has 2 rings (SSSR count). The Kier molecular flexibility index (Phi) is 4.38. The number of nitrogens with zero attached hydrogens (tertiary/aromatic N) is 1. The molecule has 0 aliphatic heterocycles. The average Bonchev–Trinajstić information content (AvgIpc) is 2.32. The van der Waals surface area contributed by atoms with Crippen molar-refractivity contribution >= 4 is 0 Å². The van der Waals surface area contributed by atoms with Crippen molar-refractivity contribution in [2.24, 2.45) is 11.3 Å². The van der Waals surface area contributed by atoms with E-state index in [1.807, 2.05) is 0 Å². The topological polar surface area (TPSA) is 23.5 Å². The Balaban J connectivity index is 1.96. The van der Waals surface area contributed by atoms with Crippen molar-refractivity contribution in [3.63, 3.8) is 0 Å². The Bertz CT molecular complexity index is 268. The van der Waals surface area contributed by atoms with Crippen LogP contribution in [0.15, 0.2) is 0 Å². The van der Waals surface area contributed by atoms with Crippen LogP contribution in [0.3, 0.4) is 0 Å². The first-order valence-electron chi connectivity index (χ1n) is 7.79. The molecule has 2 nitrogen and oxygen atoms in total. The van der Waals surface area contributed by atoms with E-state index in [1.165, 1.54) is 32.1 Å². The summed E-state index contributed by atoms with van der Waals surface area (Å²) >= 11 is 0. The van der Waals surface area contributed by atoms with Crippen LogP contribution in [0.1, 0.15) is 65.7 Å². The van der Waals surface area contributed by atoms with Crippen LogP contribution < -0.4 is 0 Å². The predicted octanol–water partition coefficient (Wildman–Crippen LogP) is 3.44. The van der Waals surface area contributed by atoms with Crippen LogP contribution in [0.5, 0.6) is 0 Å². The fourth-order valence-corrected chi connectivity index (χ4v) is 3.87. The van der Waals surface area contributed by atoms with Gasteiger partial charge in [-0.05, 0) is 63.3 Å². The van der Waals surface area contributed by atoms with E-state index in [0.29, 0.717) is 17.5 Å². The van der Waals surface area contributed by atoms with Crippen molar-refractivity contribution in [1.82, 2.24) is 4.90 Å². The lowest BCUT2D eigenvalue weighted by molar-refractivity contribution is -0.0300. The molecule has 2 aliphatic rings. The molecule has 106 valence electrons. The summed E-state index contributed by atoms with van der Waals surface area (Å²) in [5.74, 6) is 0.905. The molecule has 0 amide bonds. The van der Waals surface area contributed by atoms with Gasteiger partial charge in [-0.3, -0.25) is 4.90 Å². The zero-order chi connectivity index (χ0) is 13.3. The van der Waals surface area contributed by atoms with E-state index >= 15 is 0 Å². The number of aliphatic hydroxyl groups excluding tert-OH is 1. The van der Waals surface area contributed by atoms with Gasteiger partial charge in [-0.1, -0.05) is 20.8 Å². The summed E-state index contributed by atoms with van der Waals surface area (Å²) in [5.41, 5.74) is 0.403. The average molecular weight is 253 g/mol. The normalized spacial score (nSPS) is 41.0. The SMILES string of the molecule is CC1CCC(N(C)C2CC(C)(C)CCC2O)CC1. The molecule has 2 saturated carbocycles. The summed E-state index contributed by atoms with van der Waals surface area (Å²) < 4.78 is 0. The van der Waals surface area contributed by atoms with E-state index in [2.05, 4.69) is 32.7 Å². The Labute approximate surface area is 113 Å². The maximum atomic E-state index is 10.3. The summed E-state index contributed by atoms with van der Waals surface area (Å²) in [4.78, 5) is 2.51. The zero-order valence-corrected chi connectivity index (χ0v) is 12.7. The second-order valence-corrected chi connectivity index (χ2v) is 7.62. The monoisotopic (exact) mass is 253 g/mol. The van der Waals surface area contributed by atoms with Crippen molar-refractivity contribution in [2.75, 3.05) is 7.05 Å². The molecular weight excluding hydrogens is 222 g/mol. The molecule has 1 N–H and O–H groups in total. The summed E-state index contributed by atoms with van der Waals surface area (Å²) in [7, 11) is 2.25. The highest BCUT2D eigenvalue weighted by Crippen LogP contribution is 2.39. The third kappa shape index (κ3) is 3.27. The highest BCUT2D eigenvalue weighted by atomic mass is 16.3. The van der Waals surface area contributed by atoms with Crippen LogP contribution in [-0.4, -0.2) is 35.2 Å². The van der Waals surface area contributed by atoms with Gasteiger partial charge >= 0.3 is 0 Å². The molecule has 2 aliphatic carbocycles. The van der Waals surface area contributed by atoms with E-state index in [4.69, 9.17) is 0 Å². The number of hydrogen-bond donors (Lipinski definition) is 1.